The van der Waals surface area contributed by atoms with E-state index in [0.717, 1.165) is 44.6 Å². The number of para-hydroxylation sites is 1. The normalized spacial score (nSPS) is 21.2. The minimum atomic E-state index is -0.256. The van der Waals surface area contributed by atoms with Crippen molar-refractivity contribution in [3.05, 3.63) is 30.3 Å². The van der Waals surface area contributed by atoms with Crippen LogP contribution in [0.25, 0.3) is 0 Å². The first-order valence-electron chi connectivity index (χ1n) is 9.57. The average Bonchev–Trinajstić information content (AvgIpc) is 2.91. The van der Waals surface area contributed by atoms with Crippen LogP contribution < -0.4 is 5.32 Å². The van der Waals surface area contributed by atoms with Crippen LogP contribution in [0.3, 0.4) is 0 Å². The van der Waals surface area contributed by atoms with Crippen molar-refractivity contribution in [1.29, 1.82) is 0 Å². The van der Waals surface area contributed by atoms with E-state index in [0.29, 0.717) is 19.6 Å². The summed E-state index contributed by atoms with van der Waals surface area (Å²) in [5, 5.41) is 2.94. The summed E-state index contributed by atoms with van der Waals surface area (Å²) in [5.74, 6) is 0.260. The number of carbonyl (C=O) groups is 2. The van der Waals surface area contributed by atoms with E-state index < -0.39 is 0 Å². The second-order valence-corrected chi connectivity index (χ2v) is 7.79. The van der Waals surface area contributed by atoms with E-state index in [1.807, 2.05) is 40.1 Å². The van der Waals surface area contributed by atoms with Crippen molar-refractivity contribution >= 4 is 17.6 Å². The van der Waals surface area contributed by atoms with Crippen LogP contribution in [-0.4, -0.2) is 73.0 Å². The van der Waals surface area contributed by atoms with E-state index in [9.17, 15) is 9.59 Å². The Hall–Kier alpha value is -2.08. The van der Waals surface area contributed by atoms with Gasteiger partial charge in [0.2, 0.25) is 5.91 Å². The number of hydrogen-bond acceptors (Lipinski definition) is 3. The third kappa shape index (κ3) is 4.36. The van der Waals surface area contributed by atoms with Gasteiger partial charge in [-0.25, -0.2) is 4.79 Å². The highest BCUT2D eigenvalue weighted by Gasteiger charge is 2.39. The lowest BCUT2D eigenvalue weighted by molar-refractivity contribution is -0.143. The van der Waals surface area contributed by atoms with Gasteiger partial charge in [0.25, 0.3) is 0 Å². The Bertz CT molecular complexity index is 626. The first-order chi connectivity index (χ1) is 12.5. The summed E-state index contributed by atoms with van der Waals surface area (Å²) in [7, 11) is 2.11. The monoisotopic (exact) mass is 358 g/mol. The molecule has 6 nitrogen and oxygen atoms in total. The maximum atomic E-state index is 13.1. The van der Waals surface area contributed by atoms with Crippen LogP contribution >= 0.6 is 0 Å². The Balaban J connectivity index is 1.56. The zero-order valence-electron chi connectivity index (χ0n) is 15.9. The highest BCUT2D eigenvalue weighted by atomic mass is 16.2. The van der Waals surface area contributed by atoms with Crippen molar-refractivity contribution in [3.63, 3.8) is 0 Å². The number of likely N-dealkylation sites (tertiary alicyclic amines) is 1. The molecule has 0 bridgehead atoms. The van der Waals surface area contributed by atoms with Crippen molar-refractivity contribution in [2.24, 2.45) is 5.41 Å². The second-order valence-electron chi connectivity index (χ2n) is 7.79. The number of hydrogen-bond donors (Lipinski definition) is 1. The minimum Gasteiger partial charge on any atom is -0.340 e. The molecule has 0 aromatic heterocycles. The Labute approximate surface area is 156 Å². The highest BCUT2D eigenvalue weighted by Crippen LogP contribution is 2.32. The van der Waals surface area contributed by atoms with Crippen LogP contribution in [0.4, 0.5) is 10.5 Å². The van der Waals surface area contributed by atoms with Gasteiger partial charge in [-0.3, -0.25) is 4.79 Å². The number of benzene rings is 1. The standard InChI is InChI=1S/C20H30N4O2/c1-20(9-13-22(2)14-10-20)18(25)23-11-6-12-24(16-15-23)19(26)21-17-7-4-3-5-8-17/h3-5,7-8H,6,9-16H2,1-2H3,(H,21,26). The minimum absolute atomic E-state index is 0.0870. The molecule has 0 saturated carbocycles. The fourth-order valence-electron chi connectivity index (χ4n) is 3.76. The van der Waals surface area contributed by atoms with Crippen molar-refractivity contribution in [2.75, 3.05) is 51.6 Å². The summed E-state index contributed by atoms with van der Waals surface area (Å²) in [5.41, 5.74) is 0.544. The summed E-state index contributed by atoms with van der Waals surface area (Å²) < 4.78 is 0. The maximum absolute atomic E-state index is 13.1. The number of amides is 3. The molecule has 0 spiro atoms. The Kier molecular flexibility index (Phi) is 5.81. The smallest absolute Gasteiger partial charge is 0.321 e. The molecule has 1 N–H and O–H groups in total. The number of carbonyl (C=O) groups excluding carboxylic acids is 2. The third-order valence-corrected chi connectivity index (χ3v) is 5.70. The molecule has 2 aliphatic rings. The number of urea groups is 1. The van der Waals surface area contributed by atoms with Crippen LogP contribution in [0.1, 0.15) is 26.2 Å². The first-order valence-corrected chi connectivity index (χ1v) is 9.57. The molecule has 1 aromatic rings. The largest absolute Gasteiger partial charge is 0.340 e. The molecule has 2 heterocycles. The number of anilines is 1. The van der Waals surface area contributed by atoms with E-state index >= 15 is 0 Å². The predicted octanol–water partition coefficient (Wildman–Crippen LogP) is 2.48. The van der Waals surface area contributed by atoms with E-state index in [2.05, 4.69) is 24.2 Å². The third-order valence-electron chi connectivity index (χ3n) is 5.70. The van der Waals surface area contributed by atoms with Crippen LogP contribution in [0.5, 0.6) is 0 Å². The molecule has 6 heteroatoms. The van der Waals surface area contributed by atoms with Gasteiger partial charge >= 0.3 is 6.03 Å². The lowest BCUT2D eigenvalue weighted by atomic mass is 9.79. The van der Waals surface area contributed by atoms with Gasteiger partial charge in [-0.2, -0.15) is 0 Å². The lowest BCUT2D eigenvalue weighted by Gasteiger charge is -2.39. The van der Waals surface area contributed by atoms with Crippen molar-refractivity contribution in [2.45, 2.75) is 26.2 Å². The number of nitrogens with one attached hydrogen (secondary N) is 1. The first kappa shape index (κ1) is 18.7. The zero-order chi connectivity index (χ0) is 18.6. The van der Waals surface area contributed by atoms with Crippen molar-refractivity contribution in [3.8, 4) is 0 Å². The molecular weight excluding hydrogens is 328 g/mol. The molecule has 2 saturated heterocycles. The van der Waals surface area contributed by atoms with E-state index in [1.165, 1.54) is 0 Å². The predicted molar refractivity (Wildman–Crippen MR) is 103 cm³/mol. The Morgan fingerprint density at radius 1 is 0.923 bits per heavy atom. The van der Waals surface area contributed by atoms with Crippen molar-refractivity contribution < 1.29 is 9.59 Å². The molecule has 1 aromatic carbocycles. The van der Waals surface area contributed by atoms with E-state index in [1.54, 1.807) is 0 Å². The molecule has 2 fully saturated rings. The lowest BCUT2D eigenvalue weighted by Crippen LogP contribution is -2.49. The van der Waals surface area contributed by atoms with Gasteiger partial charge in [-0.05, 0) is 51.5 Å². The topological polar surface area (TPSA) is 55.9 Å². The summed E-state index contributed by atoms with van der Waals surface area (Å²) in [6.07, 6.45) is 2.65. The SMILES string of the molecule is CN1CCC(C)(C(=O)N2CCCN(C(=O)Nc3ccccc3)CC2)CC1. The summed E-state index contributed by atoms with van der Waals surface area (Å²) in [4.78, 5) is 31.7. The molecule has 3 amide bonds. The van der Waals surface area contributed by atoms with Crippen LogP contribution in [0.15, 0.2) is 30.3 Å². The summed E-state index contributed by atoms with van der Waals surface area (Å²) in [6, 6.07) is 9.41. The van der Waals surface area contributed by atoms with Gasteiger partial charge in [0.05, 0.1) is 0 Å². The van der Waals surface area contributed by atoms with Crippen LogP contribution in [0.2, 0.25) is 0 Å². The number of nitrogens with zero attached hydrogens (tertiary/aromatic N) is 3. The molecule has 3 rings (SSSR count). The zero-order valence-corrected chi connectivity index (χ0v) is 15.9. The fourth-order valence-corrected chi connectivity index (χ4v) is 3.76. The molecule has 0 atom stereocenters. The number of rotatable bonds is 2. The molecule has 142 valence electrons. The van der Waals surface area contributed by atoms with Crippen molar-refractivity contribution in [1.82, 2.24) is 14.7 Å². The maximum Gasteiger partial charge on any atom is 0.321 e. The van der Waals surface area contributed by atoms with Gasteiger partial charge < -0.3 is 20.0 Å². The van der Waals surface area contributed by atoms with E-state index in [4.69, 9.17) is 0 Å². The molecule has 2 aliphatic heterocycles. The van der Waals surface area contributed by atoms with Crippen LogP contribution in [-0.2, 0) is 4.79 Å². The average molecular weight is 358 g/mol. The fraction of sp³-hybridized carbons (Fsp3) is 0.600. The van der Waals surface area contributed by atoms with Gasteiger partial charge in [0.1, 0.15) is 0 Å². The number of piperidine rings is 1. The van der Waals surface area contributed by atoms with Gasteiger partial charge in [-0.15, -0.1) is 0 Å². The Morgan fingerprint density at radius 2 is 1.54 bits per heavy atom. The molecule has 0 unspecified atom stereocenters. The second kappa shape index (κ2) is 8.08. The van der Waals surface area contributed by atoms with Crippen LogP contribution in [0, 0.1) is 5.41 Å². The van der Waals surface area contributed by atoms with Gasteiger partial charge in [-0.1, -0.05) is 25.1 Å². The molecule has 0 aliphatic carbocycles. The van der Waals surface area contributed by atoms with E-state index in [-0.39, 0.29) is 17.4 Å². The summed E-state index contributed by atoms with van der Waals surface area (Å²) in [6.45, 7) is 6.67. The highest BCUT2D eigenvalue weighted by molar-refractivity contribution is 5.89. The summed E-state index contributed by atoms with van der Waals surface area (Å²) >= 11 is 0. The molecular formula is C20H30N4O2. The Morgan fingerprint density at radius 3 is 2.23 bits per heavy atom. The van der Waals surface area contributed by atoms with Gasteiger partial charge in [0.15, 0.2) is 0 Å². The quantitative estimate of drug-likeness (QED) is 0.884. The molecule has 26 heavy (non-hydrogen) atoms. The van der Waals surface area contributed by atoms with Gasteiger partial charge in [0, 0.05) is 37.3 Å². The molecule has 0 radical (unpaired) electrons.